The molecule has 2 atom stereocenters. The van der Waals surface area contributed by atoms with Crippen molar-refractivity contribution in [3.8, 4) is 5.75 Å². The number of hydrogen-bond donors (Lipinski definition) is 0. The van der Waals surface area contributed by atoms with Gasteiger partial charge >= 0.3 is 0 Å². The van der Waals surface area contributed by atoms with Gasteiger partial charge in [-0.2, -0.15) is 0 Å². The van der Waals surface area contributed by atoms with E-state index in [9.17, 15) is 9.59 Å². The SMILES string of the molecule is COc1ccc(C2SC(C)C(=O)N2CC(=O)N(C)C)cc1. The van der Waals surface area contributed by atoms with Crippen LogP contribution < -0.4 is 4.74 Å². The van der Waals surface area contributed by atoms with E-state index in [-0.39, 0.29) is 29.0 Å². The lowest BCUT2D eigenvalue weighted by Gasteiger charge is -2.25. The van der Waals surface area contributed by atoms with E-state index in [1.165, 1.54) is 4.90 Å². The van der Waals surface area contributed by atoms with Gasteiger partial charge in [0, 0.05) is 14.1 Å². The van der Waals surface area contributed by atoms with Crippen LogP contribution in [0.3, 0.4) is 0 Å². The first kappa shape index (κ1) is 15.7. The van der Waals surface area contributed by atoms with Gasteiger partial charge in [-0.1, -0.05) is 12.1 Å². The molecule has 1 heterocycles. The number of nitrogens with zero attached hydrogens (tertiary/aromatic N) is 2. The molecule has 0 spiro atoms. The predicted molar refractivity (Wildman–Crippen MR) is 83.2 cm³/mol. The maximum Gasteiger partial charge on any atom is 0.241 e. The summed E-state index contributed by atoms with van der Waals surface area (Å²) in [7, 11) is 5.01. The Labute approximate surface area is 129 Å². The lowest BCUT2D eigenvalue weighted by molar-refractivity contribution is -0.138. The average molecular weight is 308 g/mol. The molecule has 5 nitrogen and oxygen atoms in total. The molecule has 114 valence electrons. The summed E-state index contributed by atoms with van der Waals surface area (Å²) in [4.78, 5) is 27.4. The van der Waals surface area contributed by atoms with Crippen LogP contribution in [0.4, 0.5) is 0 Å². The molecule has 0 radical (unpaired) electrons. The first-order valence-electron chi connectivity index (χ1n) is 6.74. The second kappa shape index (κ2) is 6.39. The molecule has 1 saturated heterocycles. The van der Waals surface area contributed by atoms with Crippen molar-refractivity contribution in [2.24, 2.45) is 0 Å². The zero-order valence-corrected chi connectivity index (χ0v) is 13.5. The molecule has 6 heteroatoms. The number of rotatable bonds is 4. The fraction of sp³-hybridized carbons (Fsp3) is 0.467. The van der Waals surface area contributed by atoms with Crippen LogP contribution in [0.15, 0.2) is 24.3 Å². The Bertz CT molecular complexity index is 530. The highest BCUT2D eigenvalue weighted by Crippen LogP contribution is 2.42. The van der Waals surface area contributed by atoms with Crippen LogP contribution >= 0.6 is 11.8 Å². The van der Waals surface area contributed by atoms with Gasteiger partial charge in [0.15, 0.2) is 0 Å². The van der Waals surface area contributed by atoms with E-state index in [2.05, 4.69) is 0 Å². The summed E-state index contributed by atoms with van der Waals surface area (Å²) in [6, 6.07) is 7.62. The zero-order chi connectivity index (χ0) is 15.6. The minimum absolute atomic E-state index is 0.0102. The molecule has 2 amide bonds. The van der Waals surface area contributed by atoms with E-state index >= 15 is 0 Å². The number of methoxy groups -OCH3 is 1. The number of carbonyl (C=O) groups excluding carboxylic acids is 2. The van der Waals surface area contributed by atoms with Gasteiger partial charge in [-0.05, 0) is 24.6 Å². The van der Waals surface area contributed by atoms with Crippen molar-refractivity contribution in [2.45, 2.75) is 17.5 Å². The predicted octanol–water partition coefficient (Wildman–Crippen LogP) is 1.75. The standard InChI is InChI=1S/C15H20N2O3S/c1-10-14(19)17(9-13(18)16(2)3)15(21-10)11-5-7-12(20-4)8-6-11/h5-8,10,15H,9H2,1-4H3. The summed E-state index contributed by atoms with van der Waals surface area (Å²) in [5.41, 5.74) is 1.00. The largest absolute Gasteiger partial charge is 0.497 e. The van der Waals surface area contributed by atoms with Gasteiger partial charge in [-0.25, -0.2) is 0 Å². The van der Waals surface area contributed by atoms with Gasteiger partial charge < -0.3 is 14.5 Å². The molecule has 2 rings (SSSR count). The Balaban J connectivity index is 2.22. The summed E-state index contributed by atoms with van der Waals surface area (Å²) in [6.45, 7) is 1.99. The number of thioether (sulfide) groups is 1. The Kier molecular flexibility index (Phi) is 4.77. The van der Waals surface area contributed by atoms with Crippen LogP contribution in [0.5, 0.6) is 5.75 Å². The fourth-order valence-corrected chi connectivity index (χ4v) is 3.43. The Morgan fingerprint density at radius 1 is 1.33 bits per heavy atom. The monoisotopic (exact) mass is 308 g/mol. The first-order chi connectivity index (χ1) is 9.93. The second-order valence-corrected chi connectivity index (χ2v) is 6.58. The Hall–Kier alpha value is -1.69. The van der Waals surface area contributed by atoms with Crippen LogP contribution in [-0.2, 0) is 9.59 Å². The molecule has 0 aliphatic carbocycles. The van der Waals surface area contributed by atoms with Gasteiger partial charge in [0.1, 0.15) is 17.7 Å². The van der Waals surface area contributed by atoms with Crippen molar-refractivity contribution in [3.05, 3.63) is 29.8 Å². The van der Waals surface area contributed by atoms with Crippen LogP contribution in [0, 0.1) is 0 Å². The number of likely N-dealkylation sites (N-methyl/N-ethyl adjacent to an activating group) is 1. The molecule has 0 N–H and O–H groups in total. The number of carbonyl (C=O) groups is 2. The topological polar surface area (TPSA) is 49.9 Å². The van der Waals surface area contributed by atoms with Gasteiger partial charge in [0.05, 0.1) is 12.4 Å². The van der Waals surface area contributed by atoms with Gasteiger partial charge in [-0.3, -0.25) is 9.59 Å². The number of ether oxygens (including phenoxy) is 1. The highest BCUT2D eigenvalue weighted by molar-refractivity contribution is 8.01. The molecule has 1 aliphatic heterocycles. The number of hydrogen-bond acceptors (Lipinski definition) is 4. The maximum atomic E-state index is 12.3. The minimum Gasteiger partial charge on any atom is -0.497 e. The van der Waals surface area contributed by atoms with E-state index in [0.29, 0.717) is 0 Å². The van der Waals surface area contributed by atoms with Crippen molar-refractivity contribution >= 4 is 23.6 Å². The third kappa shape index (κ3) is 3.32. The molecule has 0 aromatic heterocycles. The lowest BCUT2D eigenvalue weighted by atomic mass is 10.2. The Morgan fingerprint density at radius 3 is 2.48 bits per heavy atom. The average Bonchev–Trinajstić information content (AvgIpc) is 2.75. The molecule has 0 bridgehead atoms. The third-order valence-electron chi connectivity index (χ3n) is 3.45. The van der Waals surface area contributed by atoms with E-state index in [1.54, 1.807) is 37.9 Å². The van der Waals surface area contributed by atoms with Crippen molar-refractivity contribution in [1.82, 2.24) is 9.80 Å². The van der Waals surface area contributed by atoms with E-state index in [0.717, 1.165) is 11.3 Å². The Morgan fingerprint density at radius 2 is 1.95 bits per heavy atom. The zero-order valence-electron chi connectivity index (χ0n) is 12.7. The molecule has 0 saturated carbocycles. The minimum atomic E-state index is -0.132. The maximum absolute atomic E-state index is 12.3. The van der Waals surface area contributed by atoms with Crippen LogP contribution in [0.1, 0.15) is 17.9 Å². The highest BCUT2D eigenvalue weighted by atomic mass is 32.2. The molecular weight excluding hydrogens is 288 g/mol. The summed E-state index contributed by atoms with van der Waals surface area (Å²) in [5, 5.41) is -0.255. The molecule has 1 aromatic rings. The van der Waals surface area contributed by atoms with Crippen LogP contribution in [-0.4, -0.2) is 54.6 Å². The van der Waals surface area contributed by atoms with Gasteiger partial charge in [0.25, 0.3) is 0 Å². The molecular formula is C15H20N2O3S. The molecule has 1 aliphatic rings. The van der Waals surface area contributed by atoms with Crippen molar-refractivity contribution < 1.29 is 14.3 Å². The summed E-state index contributed by atoms with van der Waals surface area (Å²) < 4.78 is 5.15. The molecule has 21 heavy (non-hydrogen) atoms. The van der Waals surface area contributed by atoms with E-state index < -0.39 is 0 Å². The van der Waals surface area contributed by atoms with Crippen molar-refractivity contribution in [3.63, 3.8) is 0 Å². The van der Waals surface area contributed by atoms with E-state index in [4.69, 9.17) is 4.74 Å². The smallest absolute Gasteiger partial charge is 0.241 e. The number of amides is 2. The van der Waals surface area contributed by atoms with Crippen molar-refractivity contribution in [1.29, 1.82) is 0 Å². The fourth-order valence-electron chi connectivity index (χ4n) is 2.15. The van der Waals surface area contributed by atoms with Crippen LogP contribution in [0.2, 0.25) is 0 Å². The van der Waals surface area contributed by atoms with Crippen molar-refractivity contribution in [2.75, 3.05) is 27.7 Å². The molecule has 1 aromatic carbocycles. The lowest BCUT2D eigenvalue weighted by Crippen LogP contribution is -2.39. The van der Waals surface area contributed by atoms with E-state index in [1.807, 2.05) is 31.2 Å². The molecule has 2 unspecified atom stereocenters. The number of benzene rings is 1. The summed E-state index contributed by atoms with van der Waals surface area (Å²) in [6.07, 6.45) is 0. The highest BCUT2D eigenvalue weighted by Gasteiger charge is 2.39. The van der Waals surface area contributed by atoms with Crippen LogP contribution in [0.25, 0.3) is 0 Å². The second-order valence-electron chi connectivity index (χ2n) is 5.16. The molecule has 1 fully saturated rings. The van der Waals surface area contributed by atoms with Gasteiger partial charge in [-0.15, -0.1) is 11.8 Å². The summed E-state index contributed by atoms with van der Waals surface area (Å²) in [5.74, 6) is 0.713. The quantitative estimate of drug-likeness (QED) is 0.850. The third-order valence-corrected chi connectivity index (χ3v) is 4.85. The summed E-state index contributed by atoms with van der Waals surface area (Å²) >= 11 is 1.57. The first-order valence-corrected chi connectivity index (χ1v) is 7.68. The van der Waals surface area contributed by atoms with Gasteiger partial charge in [0.2, 0.25) is 11.8 Å². The normalized spacial score (nSPS) is 21.5.